The molecule has 0 spiro atoms. The molecule has 2 fully saturated rings. The van der Waals surface area contributed by atoms with Gasteiger partial charge in [0.15, 0.2) is 0 Å². The van der Waals surface area contributed by atoms with Crippen molar-refractivity contribution in [2.24, 2.45) is 0 Å². The lowest BCUT2D eigenvalue weighted by Crippen LogP contribution is -2.62. The van der Waals surface area contributed by atoms with Gasteiger partial charge in [0.05, 0.1) is 0 Å². The van der Waals surface area contributed by atoms with Crippen molar-refractivity contribution in [3.63, 3.8) is 0 Å². The molecule has 0 amide bonds. The molecule has 0 aliphatic carbocycles. The minimum atomic E-state index is 0.249. The molecule has 0 bridgehead atoms. The smallest absolute Gasteiger partial charge is 0.0192 e. The van der Waals surface area contributed by atoms with E-state index < -0.39 is 0 Å². The molecule has 3 nitrogen and oxygen atoms in total. The zero-order valence-electron chi connectivity index (χ0n) is 12.6. The summed E-state index contributed by atoms with van der Waals surface area (Å²) in [5.74, 6) is 0. The normalized spacial score (nSPS) is 32.3. The number of rotatable bonds is 3. The van der Waals surface area contributed by atoms with E-state index >= 15 is 0 Å². The van der Waals surface area contributed by atoms with E-state index in [4.69, 9.17) is 0 Å². The Bertz CT molecular complexity index is 251. The van der Waals surface area contributed by atoms with Gasteiger partial charge < -0.3 is 16.0 Å². The Kier molecular flexibility index (Phi) is 4.35. The number of nitrogens with one attached hydrogen (secondary N) is 3. The lowest BCUT2D eigenvalue weighted by molar-refractivity contribution is 0.143. The van der Waals surface area contributed by atoms with Crippen LogP contribution >= 0.6 is 0 Å². The molecule has 2 aliphatic heterocycles. The highest BCUT2D eigenvalue weighted by atomic mass is 15.1. The summed E-state index contributed by atoms with van der Waals surface area (Å²) in [5.41, 5.74) is 0.499. The van der Waals surface area contributed by atoms with Crippen LogP contribution in [0.15, 0.2) is 0 Å². The summed E-state index contributed by atoms with van der Waals surface area (Å²) < 4.78 is 0. The molecule has 1 atom stereocenters. The first kappa shape index (κ1) is 14.3. The fourth-order valence-corrected chi connectivity index (χ4v) is 3.87. The maximum absolute atomic E-state index is 3.80. The monoisotopic (exact) mass is 253 g/mol. The number of piperidine rings is 2. The predicted molar refractivity (Wildman–Crippen MR) is 78.0 cm³/mol. The number of hydrogen-bond donors (Lipinski definition) is 3. The van der Waals surface area contributed by atoms with E-state index in [0.29, 0.717) is 12.1 Å². The highest BCUT2D eigenvalue weighted by molar-refractivity contribution is 4.99. The maximum Gasteiger partial charge on any atom is 0.0192 e. The van der Waals surface area contributed by atoms with Crippen LogP contribution in [-0.2, 0) is 0 Å². The van der Waals surface area contributed by atoms with Gasteiger partial charge in [0.2, 0.25) is 0 Å². The van der Waals surface area contributed by atoms with Gasteiger partial charge in [0, 0.05) is 29.7 Å². The molecule has 0 radical (unpaired) electrons. The van der Waals surface area contributed by atoms with Crippen LogP contribution in [-0.4, -0.2) is 36.3 Å². The molecule has 2 heterocycles. The van der Waals surface area contributed by atoms with Crippen molar-refractivity contribution in [2.75, 3.05) is 13.1 Å². The quantitative estimate of drug-likeness (QED) is 0.720. The molecule has 0 aromatic carbocycles. The lowest BCUT2D eigenvalue weighted by Gasteiger charge is -2.47. The zero-order valence-corrected chi connectivity index (χ0v) is 12.6. The standard InChI is InChI=1S/C15H31N3/c1-14(2)9-13(10-15(3,4)18-14)17-11-12-7-5-6-8-16-12/h12-13,16-18H,5-11H2,1-4H3. The summed E-state index contributed by atoms with van der Waals surface area (Å²) >= 11 is 0. The third kappa shape index (κ3) is 4.22. The Labute approximate surface area is 112 Å². The molecule has 0 aromatic heterocycles. The molecule has 2 saturated heterocycles. The van der Waals surface area contributed by atoms with Gasteiger partial charge in [0.1, 0.15) is 0 Å². The molecule has 3 heteroatoms. The van der Waals surface area contributed by atoms with E-state index in [1.807, 2.05) is 0 Å². The van der Waals surface area contributed by atoms with Crippen molar-refractivity contribution >= 4 is 0 Å². The maximum atomic E-state index is 3.80. The first-order valence-corrected chi connectivity index (χ1v) is 7.62. The van der Waals surface area contributed by atoms with Gasteiger partial charge in [-0.15, -0.1) is 0 Å². The Balaban J connectivity index is 1.81. The van der Waals surface area contributed by atoms with Crippen LogP contribution in [0.4, 0.5) is 0 Å². The minimum absolute atomic E-state index is 0.249. The van der Waals surface area contributed by atoms with Crippen molar-refractivity contribution < 1.29 is 0 Å². The molecule has 0 saturated carbocycles. The molecule has 2 aliphatic rings. The van der Waals surface area contributed by atoms with Crippen molar-refractivity contribution in [3.05, 3.63) is 0 Å². The van der Waals surface area contributed by atoms with Crippen molar-refractivity contribution in [1.82, 2.24) is 16.0 Å². The fraction of sp³-hybridized carbons (Fsp3) is 1.00. The molecule has 2 rings (SSSR count). The van der Waals surface area contributed by atoms with Crippen molar-refractivity contribution in [3.8, 4) is 0 Å². The van der Waals surface area contributed by atoms with Crippen molar-refractivity contribution in [2.45, 2.75) is 83.0 Å². The second-order valence-electron chi connectivity index (χ2n) is 7.55. The third-order valence-electron chi connectivity index (χ3n) is 4.26. The largest absolute Gasteiger partial charge is 0.313 e. The second-order valence-corrected chi connectivity index (χ2v) is 7.55. The van der Waals surface area contributed by atoms with Gasteiger partial charge >= 0.3 is 0 Å². The zero-order chi connectivity index (χ0) is 13.2. The van der Waals surface area contributed by atoms with Gasteiger partial charge in [-0.1, -0.05) is 6.42 Å². The lowest BCUT2D eigenvalue weighted by atomic mass is 9.79. The molecular formula is C15H31N3. The summed E-state index contributed by atoms with van der Waals surface area (Å²) in [6, 6.07) is 1.35. The highest BCUT2D eigenvalue weighted by Crippen LogP contribution is 2.28. The predicted octanol–water partition coefficient (Wildman–Crippen LogP) is 2.03. The fourth-order valence-electron chi connectivity index (χ4n) is 3.87. The Hall–Kier alpha value is -0.120. The first-order valence-electron chi connectivity index (χ1n) is 7.62. The minimum Gasteiger partial charge on any atom is -0.313 e. The van der Waals surface area contributed by atoms with E-state index in [2.05, 4.69) is 43.6 Å². The summed E-state index contributed by atoms with van der Waals surface area (Å²) in [6.45, 7) is 11.6. The SMILES string of the molecule is CC1(C)CC(NCC2CCCCN2)CC(C)(C)N1. The van der Waals surface area contributed by atoms with Gasteiger partial charge in [0.25, 0.3) is 0 Å². The van der Waals surface area contributed by atoms with E-state index in [9.17, 15) is 0 Å². The van der Waals surface area contributed by atoms with Crippen LogP contribution in [0.1, 0.15) is 59.8 Å². The molecular weight excluding hydrogens is 222 g/mol. The second kappa shape index (κ2) is 5.48. The van der Waals surface area contributed by atoms with Gasteiger partial charge in [-0.3, -0.25) is 0 Å². The van der Waals surface area contributed by atoms with E-state index in [0.717, 1.165) is 6.54 Å². The summed E-state index contributed by atoms with van der Waals surface area (Å²) in [6.07, 6.45) is 6.53. The van der Waals surface area contributed by atoms with Crippen LogP contribution < -0.4 is 16.0 Å². The van der Waals surface area contributed by atoms with Crippen molar-refractivity contribution in [1.29, 1.82) is 0 Å². The molecule has 0 aromatic rings. The Morgan fingerprint density at radius 2 is 1.72 bits per heavy atom. The van der Waals surface area contributed by atoms with E-state index in [-0.39, 0.29) is 11.1 Å². The number of hydrogen-bond acceptors (Lipinski definition) is 3. The van der Waals surface area contributed by atoms with Crippen LogP contribution in [0, 0.1) is 0 Å². The summed E-state index contributed by atoms with van der Waals surface area (Å²) in [5, 5.41) is 11.2. The summed E-state index contributed by atoms with van der Waals surface area (Å²) in [7, 11) is 0. The Morgan fingerprint density at radius 3 is 2.28 bits per heavy atom. The van der Waals surface area contributed by atoms with Gasteiger partial charge in [-0.05, 0) is 59.9 Å². The van der Waals surface area contributed by atoms with Crippen LogP contribution in [0.25, 0.3) is 0 Å². The molecule has 106 valence electrons. The highest BCUT2D eigenvalue weighted by Gasteiger charge is 2.37. The Morgan fingerprint density at radius 1 is 1.06 bits per heavy atom. The van der Waals surface area contributed by atoms with E-state index in [1.165, 1.54) is 38.6 Å². The molecule has 18 heavy (non-hydrogen) atoms. The van der Waals surface area contributed by atoms with Crippen LogP contribution in [0.3, 0.4) is 0 Å². The topological polar surface area (TPSA) is 36.1 Å². The van der Waals surface area contributed by atoms with Gasteiger partial charge in [-0.25, -0.2) is 0 Å². The first-order chi connectivity index (χ1) is 8.36. The van der Waals surface area contributed by atoms with Crippen LogP contribution in [0.5, 0.6) is 0 Å². The average molecular weight is 253 g/mol. The third-order valence-corrected chi connectivity index (χ3v) is 4.26. The van der Waals surface area contributed by atoms with Gasteiger partial charge in [-0.2, -0.15) is 0 Å². The molecule has 3 N–H and O–H groups in total. The van der Waals surface area contributed by atoms with E-state index in [1.54, 1.807) is 0 Å². The molecule has 1 unspecified atom stereocenters. The average Bonchev–Trinajstić information content (AvgIpc) is 2.24. The summed E-state index contributed by atoms with van der Waals surface area (Å²) in [4.78, 5) is 0. The van der Waals surface area contributed by atoms with Crippen LogP contribution in [0.2, 0.25) is 0 Å².